The number of halogens is 3. The molecule has 1 N–H and O–H groups in total. The van der Waals surface area contributed by atoms with Crippen molar-refractivity contribution in [2.75, 3.05) is 0 Å². The predicted molar refractivity (Wildman–Crippen MR) is 122 cm³/mol. The number of aromatic amines is 1. The zero-order valence-corrected chi connectivity index (χ0v) is 19.3. The number of aromatic nitrogens is 6. The smallest absolute Gasteiger partial charge is 0.332 e. The van der Waals surface area contributed by atoms with Gasteiger partial charge in [0.2, 0.25) is 5.28 Å². The van der Waals surface area contributed by atoms with E-state index in [9.17, 15) is 14.0 Å². The number of aryl methyl sites for hydroxylation is 2. The van der Waals surface area contributed by atoms with Gasteiger partial charge in [-0.25, -0.2) is 9.18 Å². The van der Waals surface area contributed by atoms with Crippen LogP contribution in [0.15, 0.2) is 32.3 Å². The Hall–Kier alpha value is -2.98. The number of rotatable bonds is 9. The van der Waals surface area contributed by atoms with Crippen LogP contribution >= 0.6 is 23.2 Å². The molecule has 0 radical (unpaired) electrons. The summed E-state index contributed by atoms with van der Waals surface area (Å²) < 4.78 is 21.9. The van der Waals surface area contributed by atoms with Gasteiger partial charge in [-0.1, -0.05) is 36.2 Å². The molecule has 4 aromatic rings. The van der Waals surface area contributed by atoms with Crippen LogP contribution in [0.5, 0.6) is 0 Å². The summed E-state index contributed by atoms with van der Waals surface area (Å²) in [5.41, 5.74) is -0.340. The summed E-state index contributed by atoms with van der Waals surface area (Å²) in [5.74, 6) is -0.164. The Bertz CT molecular complexity index is 1390. The van der Waals surface area contributed by atoms with Crippen LogP contribution in [0.4, 0.5) is 4.39 Å². The van der Waals surface area contributed by atoms with Gasteiger partial charge in [0, 0.05) is 19.5 Å². The highest BCUT2D eigenvalue weighted by atomic mass is 35.5. The Labute approximate surface area is 197 Å². The molecule has 174 valence electrons. The van der Waals surface area contributed by atoms with Gasteiger partial charge >= 0.3 is 5.69 Å². The molecule has 0 spiro atoms. The second-order valence-corrected chi connectivity index (χ2v) is 8.31. The molecule has 9 nitrogen and oxygen atoms in total. The molecule has 1 aromatic carbocycles. The number of benzene rings is 1. The van der Waals surface area contributed by atoms with Crippen molar-refractivity contribution in [2.24, 2.45) is 0 Å². The number of H-pyrrole nitrogens is 1. The highest BCUT2D eigenvalue weighted by Crippen LogP contribution is 2.29. The van der Waals surface area contributed by atoms with E-state index in [0.717, 1.165) is 12.8 Å². The Kier molecular flexibility index (Phi) is 6.94. The van der Waals surface area contributed by atoms with Crippen LogP contribution in [-0.2, 0) is 19.5 Å². The number of imidazole rings is 1. The maximum Gasteiger partial charge on any atom is 0.332 e. The van der Waals surface area contributed by atoms with Crippen molar-refractivity contribution >= 4 is 34.4 Å². The molecule has 4 rings (SSSR count). The van der Waals surface area contributed by atoms with Gasteiger partial charge in [-0.05, 0) is 43.0 Å². The maximum atomic E-state index is 14.0. The van der Waals surface area contributed by atoms with Crippen LogP contribution in [0, 0.1) is 5.82 Å². The lowest BCUT2D eigenvalue weighted by molar-refractivity contribution is 0.418. The SMILES string of the molecule is CCCCn1c(=O)n(CCCCc2noc(-c3c(F)cccc3Cl)n2)c(=O)c2[nH]c(Cl)nc21. The summed E-state index contributed by atoms with van der Waals surface area (Å²) in [6.07, 6.45) is 3.17. The van der Waals surface area contributed by atoms with Gasteiger partial charge in [0.15, 0.2) is 17.0 Å². The van der Waals surface area contributed by atoms with Gasteiger partial charge in [-0.2, -0.15) is 9.97 Å². The summed E-state index contributed by atoms with van der Waals surface area (Å²) in [6, 6.07) is 4.30. The minimum Gasteiger partial charge on any atom is -0.334 e. The zero-order chi connectivity index (χ0) is 23.5. The van der Waals surface area contributed by atoms with E-state index in [4.69, 9.17) is 27.7 Å². The third-order valence-corrected chi connectivity index (χ3v) is 5.74. The second-order valence-electron chi connectivity index (χ2n) is 7.54. The van der Waals surface area contributed by atoms with Crippen LogP contribution in [0.3, 0.4) is 0 Å². The van der Waals surface area contributed by atoms with E-state index < -0.39 is 17.1 Å². The number of hydrogen-bond acceptors (Lipinski definition) is 6. The highest BCUT2D eigenvalue weighted by molar-refractivity contribution is 6.33. The Morgan fingerprint density at radius 3 is 2.64 bits per heavy atom. The Morgan fingerprint density at radius 1 is 1.09 bits per heavy atom. The second kappa shape index (κ2) is 9.88. The fraction of sp³-hybridized carbons (Fsp3) is 0.381. The van der Waals surface area contributed by atoms with Crippen molar-refractivity contribution in [3.8, 4) is 11.5 Å². The standard InChI is InChI=1S/C21H21Cl2FN6O3/c1-2-3-10-29-17-16(26-20(23)27-17)19(31)30(21(29)32)11-5-4-9-14-25-18(33-28-14)15-12(22)7-6-8-13(15)24/h6-8H,2-5,9-11H2,1H3,(H,26,27). The summed E-state index contributed by atoms with van der Waals surface area (Å²) in [7, 11) is 0. The molecule has 0 saturated heterocycles. The summed E-state index contributed by atoms with van der Waals surface area (Å²) in [5, 5.41) is 4.11. The minimum absolute atomic E-state index is 0.00436. The minimum atomic E-state index is -0.550. The van der Waals surface area contributed by atoms with Gasteiger partial charge in [-0.3, -0.25) is 13.9 Å². The quantitative estimate of drug-likeness (QED) is 0.275. The van der Waals surface area contributed by atoms with Gasteiger partial charge in [-0.15, -0.1) is 0 Å². The third-order valence-electron chi connectivity index (χ3n) is 5.24. The van der Waals surface area contributed by atoms with Crippen molar-refractivity contribution in [1.82, 2.24) is 29.2 Å². The first-order chi connectivity index (χ1) is 15.9. The first-order valence-corrected chi connectivity index (χ1v) is 11.3. The van der Waals surface area contributed by atoms with Crippen LogP contribution < -0.4 is 11.2 Å². The Balaban J connectivity index is 1.47. The van der Waals surface area contributed by atoms with E-state index >= 15 is 0 Å². The largest absolute Gasteiger partial charge is 0.334 e. The zero-order valence-electron chi connectivity index (χ0n) is 17.8. The van der Waals surface area contributed by atoms with E-state index in [1.54, 1.807) is 6.07 Å². The summed E-state index contributed by atoms with van der Waals surface area (Å²) in [4.78, 5) is 36.8. The van der Waals surface area contributed by atoms with Crippen molar-refractivity contribution in [3.63, 3.8) is 0 Å². The average molecular weight is 495 g/mol. The fourth-order valence-corrected chi connectivity index (χ4v) is 3.98. The van der Waals surface area contributed by atoms with Gasteiger partial charge in [0.05, 0.1) is 10.6 Å². The van der Waals surface area contributed by atoms with Crippen LogP contribution in [0.1, 0.15) is 38.4 Å². The van der Waals surface area contributed by atoms with Gasteiger partial charge in [0.25, 0.3) is 11.4 Å². The molecule has 0 unspecified atom stereocenters. The summed E-state index contributed by atoms with van der Waals surface area (Å²) >= 11 is 12.0. The average Bonchev–Trinajstić information content (AvgIpc) is 3.40. The van der Waals surface area contributed by atoms with Crippen LogP contribution in [0.25, 0.3) is 22.6 Å². The van der Waals surface area contributed by atoms with Gasteiger partial charge in [0.1, 0.15) is 5.82 Å². The molecule has 0 amide bonds. The first-order valence-electron chi connectivity index (χ1n) is 10.6. The molecular formula is C21H21Cl2FN6O3. The molecule has 33 heavy (non-hydrogen) atoms. The highest BCUT2D eigenvalue weighted by Gasteiger charge is 2.18. The molecule has 0 aliphatic carbocycles. The molecule has 0 aliphatic heterocycles. The lowest BCUT2D eigenvalue weighted by Gasteiger charge is -2.10. The van der Waals surface area contributed by atoms with Crippen LogP contribution in [-0.4, -0.2) is 29.2 Å². The molecule has 0 saturated carbocycles. The lowest BCUT2D eigenvalue weighted by atomic mass is 10.2. The lowest BCUT2D eigenvalue weighted by Crippen LogP contribution is -2.40. The predicted octanol–water partition coefficient (Wildman–Crippen LogP) is 4.21. The number of nitrogens with zero attached hydrogens (tertiary/aromatic N) is 5. The fourth-order valence-electron chi connectivity index (χ4n) is 3.57. The van der Waals surface area contributed by atoms with E-state index in [1.165, 1.54) is 21.3 Å². The third kappa shape index (κ3) is 4.72. The van der Waals surface area contributed by atoms with E-state index in [1.807, 2.05) is 6.92 Å². The van der Waals surface area contributed by atoms with Crippen molar-refractivity contribution in [2.45, 2.75) is 52.1 Å². The van der Waals surface area contributed by atoms with Crippen molar-refractivity contribution < 1.29 is 8.91 Å². The maximum absolute atomic E-state index is 14.0. The topological polar surface area (TPSA) is 112 Å². The number of nitrogens with one attached hydrogen (secondary N) is 1. The van der Waals surface area contributed by atoms with E-state index in [2.05, 4.69) is 20.1 Å². The molecule has 0 bridgehead atoms. The molecule has 0 fully saturated rings. The normalized spacial score (nSPS) is 11.5. The molecule has 3 aromatic heterocycles. The van der Waals surface area contributed by atoms with Crippen molar-refractivity contribution in [1.29, 1.82) is 0 Å². The molecule has 12 heteroatoms. The summed E-state index contributed by atoms with van der Waals surface area (Å²) in [6.45, 7) is 2.66. The van der Waals surface area contributed by atoms with E-state index in [-0.39, 0.29) is 39.5 Å². The molecule has 0 aliphatic rings. The molecular weight excluding hydrogens is 474 g/mol. The van der Waals surface area contributed by atoms with Crippen molar-refractivity contribution in [3.05, 3.63) is 61.0 Å². The van der Waals surface area contributed by atoms with Gasteiger partial charge < -0.3 is 9.51 Å². The monoisotopic (exact) mass is 494 g/mol. The van der Waals surface area contributed by atoms with E-state index in [0.29, 0.717) is 31.6 Å². The first kappa shape index (κ1) is 23.2. The number of unbranched alkanes of at least 4 members (excludes halogenated alkanes) is 2. The molecule has 3 heterocycles. The Morgan fingerprint density at radius 2 is 1.88 bits per heavy atom. The van der Waals surface area contributed by atoms with Crippen LogP contribution in [0.2, 0.25) is 10.3 Å². The molecule has 0 atom stereocenters. The number of fused-ring (bicyclic) bond motifs is 1. The number of hydrogen-bond donors (Lipinski definition) is 1.